The Morgan fingerprint density at radius 1 is 1.35 bits per heavy atom. The predicted molar refractivity (Wildman–Crippen MR) is 73.1 cm³/mol. The summed E-state index contributed by atoms with van der Waals surface area (Å²) in [5.41, 5.74) is 2.48. The number of aryl methyl sites for hydroxylation is 1. The van der Waals surface area contributed by atoms with Crippen LogP contribution in [0.25, 0.3) is 0 Å². The highest BCUT2D eigenvalue weighted by atomic mass is 15.3. The number of aromatic nitrogens is 2. The minimum absolute atomic E-state index is 0.494. The summed E-state index contributed by atoms with van der Waals surface area (Å²) < 4.78 is 2.12. The SMILES string of the molecule is CCCNCc1cn(C(C)CC(C)C)nc1C. The minimum Gasteiger partial charge on any atom is -0.313 e. The number of nitrogens with zero attached hydrogens (tertiary/aromatic N) is 2. The second-order valence-electron chi connectivity index (χ2n) is 5.38. The zero-order valence-electron chi connectivity index (χ0n) is 12.0. The van der Waals surface area contributed by atoms with E-state index in [1.807, 2.05) is 0 Å². The lowest BCUT2D eigenvalue weighted by atomic mass is 10.1. The first-order chi connectivity index (χ1) is 8.04. The lowest BCUT2D eigenvalue weighted by molar-refractivity contribution is 0.396. The van der Waals surface area contributed by atoms with E-state index >= 15 is 0 Å². The van der Waals surface area contributed by atoms with Crippen molar-refractivity contribution >= 4 is 0 Å². The Hall–Kier alpha value is -0.830. The second-order valence-corrected chi connectivity index (χ2v) is 5.38. The minimum atomic E-state index is 0.494. The van der Waals surface area contributed by atoms with Gasteiger partial charge in [0.25, 0.3) is 0 Å². The molecule has 0 amide bonds. The summed E-state index contributed by atoms with van der Waals surface area (Å²) >= 11 is 0. The van der Waals surface area contributed by atoms with Gasteiger partial charge < -0.3 is 5.32 Å². The van der Waals surface area contributed by atoms with E-state index in [0.717, 1.165) is 24.7 Å². The van der Waals surface area contributed by atoms with Crippen molar-refractivity contribution in [1.29, 1.82) is 0 Å². The van der Waals surface area contributed by atoms with E-state index in [2.05, 4.69) is 55.9 Å². The Morgan fingerprint density at radius 2 is 2.06 bits per heavy atom. The van der Waals surface area contributed by atoms with Crippen molar-refractivity contribution in [2.45, 2.75) is 60.0 Å². The molecule has 0 fully saturated rings. The van der Waals surface area contributed by atoms with Gasteiger partial charge in [0.1, 0.15) is 0 Å². The molecule has 0 spiro atoms. The van der Waals surface area contributed by atoms with Crippen molar-refractivity contribution in [2.75, 3.05) is 6.54 Å². The molecule has 1 aromatic rings. The van der Waals surface area contributed by atoms with Gasteiger partial charge in [0.05, 0.1) is 5.69 Å². The third kappa shape index (κ3) is 4.50. The van der Waals surface area contributed by atoms with E-state index in [1.54, 1.807) is 0 Å². The van der Waals surface area contributed by atoms with Crippen molar-refractivity contribution < 1.29 is 0 Å². The molecule has 98 valence electrons. The average molecular weight is 237 g/mol. The van der Waals surface area contributed by atoms with Crippen molar-refractivity contribution in [1.82, 2.24) is 15.1 Å². The average Bonchev–Trinajstić information content (AvgIpc) is 2.60. The van der Waals surface area contributed by atoms with Crippen LogP contribution in [0.15, 0.2) is 6.20 Å². The normalized spacial score (nSPS) is 13.3. The molecule has 0 aliphatic heterocycles. The quantitative estimate of drug-likeness (QED) is 0.737. The van der Waals surface area contributed by atoms with E-state index in [-0.39, 0.29) is 0 Å². The third-order valence-corrected chi connectivity index (χ3v) is 3.02. The van der Waals surface area contributed by atoms with Gasteiger partial charge in [-0.05, 0) is 39.2 Å². The molecule has 0 saturated carbocycles. The topological polar surface area (TPSA) is 29.9 Å². The lowest BCUT2D eigenvalue weighted by Gasteiger charge is -2.14. The van der Waals surface area contributed by atoms with E-state index in [9.17, 15) is 0 Å². The van der Waals surface area contributed by atoms with Gasteiger partial charge in [-0.25, -0.2) is 0 Å². The molecule has 1 aromatic heterocycles. The molecule has 0 saturated heterocycles. The first-order valence-electron chi connectivity index (χ1n) is 6.79. The summed E-state index contributed by atoms with van der Waals surface area (Å²) in [5.74, 6) is 0.719. The maximum absolute atomic E-state index is 4.62. The fourth-order valence-electron chi connectivity index (χ4n) is 2.11. The van der Waals surface area contributed by atoms with Gasteiger partial charge in [0.2, 0.25) is 0 Å². The molecule has 1 heterocycles. The Morgan fingerprint density at radius 3 is 2.65 bits per heavy atom. The lowest BCUT2D eigenvalue weighted by Crippen LogP contribution is -2.14. The van der Waals surface area contributed by atoms with Crippen molar-refractivity contribution in [3.05, 3.63) is 17.5 Å². The first-order valence-corrected chi connectivity index (χ1v) is 6.79. The molecule has 3 nitrogen and oxygen atoms in total. The van der Waals surface area contributed by atoms with Crippen LogP contribution in [0.3, 0.4) is 0 Å². The monoisotopic (exact) mass is 237 g/mol. The molecule has 1 unspecified atom stereocenters. The van der Waals surface area contributed by atoms with Crippen LogP contribution in [0, 0.1) is 12.8 Å². The van der Waals surface area contributed by atoms with Crippen molar-refractivity contribution in [3.8, 4) is 0 Å². The van der Waals surface area contributed by atoms with Crippen LogP contribution in [-0.2, 0) is 6.54 Å². The van der Waals surface area contributed by atoms with E-state index in [1.165, 1.54) is 18.4 Å². The highest BCUT2D eigenvalue weighted by molar-refractivity contribution is 5.15. The van der Waals surface area contributed by atoms with Crippen molar-refractivity contribution in [3.63, 3.8) is 0 Å². The van der Waals surface area contributed by atoms with Crippen molar-refractivity contribution in [2.24, 2.45) is 5.92 Å². The standard InChI is InChI=1S/C14H27N3/c1-6-7-15-9-14-10-17(16-13(14)5)12(4)8-11(2)3/h10-12,15H,6-9H2,1-5H3. The van der Waals surface area contributed by atoms with E-state index in [0.29, 0.717) is 6.04 Å². The van der Waals surface area contributed by atoms with Crippen LogP contribution < -0.4 is 5.32 Å². The number of rotatable bonds is 7. The van der Waals surface area contributed by atoms with Gasteiger partial charge in [-0.15, -0.1) is 0 Å². The van der Waals surface area contributed by atoms with Gasteiger partial charge in [0, 0.05) is 24.3 Å². The van der Waals surface area contributed by atoms with Gasteiger partial charge >= 0.3 is 0 Å². The Bertz CT molecular complexity index is 328. The van der Waals surface area contributed by atoms with Crippen LogP contribution in [0.4, 0.5) is 0 Å². The van der Waals surface area contributed by atoms with Gasteiger partial charge in [-0.3, -0.25) is 4.68 Å². The van der Waals surface area contributed by atoms with Crippen LogP contribution in [0.5, 0.6) is 0 Å². The van der Waals surface area contributed by atoms with Crippen LogP contribution in [-0.4, -0.2) is 16.3 Å². The summed E-state index contributed by atoms with van der Waals surface area (Å²) in [4.78, 5) is 0. The summed E-state index contributed by atoms with van der Waals surface area (Å²) in [5, 5.41) is 8.05. The molecule has 1 rings (SSSR count). The van der Waals surface area contributed by atoms with E-state index in [4.69, 9.17) is 0 Å². The molecule has 0 radical (unpaired) electrons. The van der Waals surface area contributed by atoms with Gasteiger partial charge in [-0.2, -0.15) is 5.10 Å². The molecule has 1 N–H and O–H groups in total. The molecular formula is C14H27N3. The Kier molecular flexibility index (Phi) is 5.69. The van der Waals surface area contributed by atoms with Gasteiger partial charge in [0.15, 0.2) is 0 Å². The first kappa shape index (κ1) is 14.2. The molecule has 0 aliphatic rings. The summed E-state index contributed by atoms with van der Waals surface area (Å²) in [6.07, 6.45) is 4.56. The number of nitrogens with one attached hydrogen (secondary N) is 1. The van der Waals surface area contributed by atoms with Crippen LogP contribution in [0.1, 0.15) is 57.8 Å². The predicted octanol–water partition coefficient (Wildman–Crippen LogP) is 3.30. The molecule has 0 bridgehead atoms. The zero-order chi connectivity index (χ0) is 12.8. The summed E-state index contributed by atoms with van der Waals surface area (Å²) in [6.45, 7) is 13.1. The smallest absolute Gasteiger partial charge is 0.0638 e. The molecule has 1 atom stereocenters. The largest absolute Gasteiger partial charge is 0.313 e. The van der Waals surface area contributed by atoms with Gasteiger partial charge in [-0.1, -0.05) is 20.8 Å². The molecule has 17 heavy (non-hydrogen) atoms. The number of hydrogen-bond donors (Lipinski definition) is 1. The maximum atomic E-state index is 4.62. The van der Waals surface area contributed by atoms with Crippen LogP contribution in [0.2, 0.25) is 0 Å². The third-order valence-electron chi connectivity index (χ3n) is 3.02. The highest BCUT2D eigenvalue weighted by Crippen LogP contribution is 2.18. The summed E-state index contributed by atoms with van der Waals surface area (Å²) in [7, 11) is 0. The van der Waals surface area contributed by atoms with E-state index < -0.39 is 0 Å². The second kappa shape index (κ2) is 6.80. The number of hydrogen-bond acceptors (Lipinski definition) is 2. The molecular weight excluding hydrogens is 210 g/mol. The fraction of sp³-hybridized carbons (Fsp3) is 0.786. The molecule has 3 heteroatoms. The Balaban J connectivity index is 2.60. The Labute approximate surface area is 106 Å². The fourth-order valence-corrected chi connectivity index (χ4v) is 2.11. The molecule has 0 aromatic carbocycles. The summed E-state index contributed by atoms with van der Waals surface area (Å²) in [6, 6.07) is 0.494. The molecule has 0 aliphatic carbocycles. The van der Waals surface area contributed by atoms with Crippen LogP contribution >= 0.6 is 0 Å². The zero-order valence-corrected chi connectivity index (χ0v) is 12.0. The maximum Gasteiger partial charge on any atom is 0.0638 e. The highest BCUT2D eigenvalue weighted by Gasteiger charge is 2.11.